The zero-order chi connectivity index (χ0) is 15.8. The zero-order valence-corrected chi connectivity index (χ0v) is 14.0. The molecule has 0 spiro atoms. The number of benzene rings is 1. The van der Waals surface area contributed by atoms with Crippen LogP contribution >= 0.6 is 0 Å². The Morgan fingerprint density at radius 3 is 2.71 bits per heavy atom. The monoisotopic (exact) mass is 296 g/mol. The van der Waals surface area contributed by atoms with Crippen LogP contribution in [0.2, 0.25) is 0 Å². The second kappa shape index (κ2) is 9.00. The molecule has 0 saturated heterocycles. The molecule has 1 rings (SSSR count). The highest BCUT2D eigenvalue weighted by Gasteiger charge is 2.16. The van der Waals surface area contributed by atoms with E-state index in [-0.39, 0.29) is 11.9 Å². The lowest BCUT2D eigenvalue weighted by molar-refractivity contribution is 0.196. The maximum atomic E-state index is 13.9. The highest BCUT2D eigenvalue weighted by atomic mass is 19.1. The quantitative estimate of drug-likeness (QED) is 0.704. The van der Waals surface area contributed by atoms with Gasteiger partial charge in [0.15, 0.2) is 0 Å². The molecule has 0 aliphatic rings. The van der Waals surface area contributed by atoms with Crippen LogP contribution in [0.3, 0.4) is 0 Å². The van der Waals surface area contributed by atoms with Crippen molar-refractivity contribution in [3.05, 3.63) is 29.1 Å². The van der Waals surface area contributed by atoms with Crippen LogP contribution in [-0.2, 0) is 4.74 Å². The van der Waals surface area contributed by atoms with E-state index in [4.69, 9.17) is 4.74 Å². The van der Waals surface area contributed by atoms with Crippen LogP contribution in [0, 0.1) is 12.7 Å². The molecule has 1 unspecified atom stereocenters. The second-order valence-electron chi connectivity index (χ2n) is 5.60. The summed E-state index contributed by atoms with van der Waals surface area (Å²) in [6.07, 6.45) is 2.03. The Kier molecular flexibility index (Phi) is 7.68. The summed E-state index contributed by atoms with van der Waals surface area (Å²) in [5.41, 5.74) is 2.81. The third kappa shape index (κ3) is 5.29. The smallest absolute Gasteiger partial charge is 0.126 e. The maximum Gasteiger partial charge on any atom is 0.126 e. The number of hydrogen-bond acceptors (Lipinski definition) is 3. The summed E-state index contributed by atoms with van der Waals surface area (Å²) in [6.45, 7) is 8.61. The number of rotatable bonds is 9. The van der Waals surface area contributed by atoms with Gasteiger partial charge in [-0.15, -0.1) is 0 Å². The number of ether oxygens (including phenoxy) is 1. The summed E-state index contributed by atoms with van der Waals surface area (Å²) in [6, 6.07) is 3.76. The van der Waals surface area contributed by atoms with Crippen LogP contribution < -0.4 is 10.2 Å². The van der Waals surface area contributed by atoms with Gasteiger partial charge in [-0.2, -0.15) is 0 Å². The van der Waals surface area contributed by atoms with Gasteiger partial charge in [-0.25, -0.2) is 4.39 Å². The number of nitrogens with one attached hydrogen (secondary N) is 1. The fourth-order valence-electron chi connectivity index (χ4n) is 2.40. The first-order chi connectivity index (χ1) is 10.0. The average molecular weight is 296 g/mol. The van der Waals surface area contributed by atoms with E-state index < -0.39 is 0 Å². The number of halogens is 1. The van der Waals surface area contributed by atoms with Gasteiger partial charge in [-0.05, 0) is 56.5 Å². The number of hydrogen-bond donors (Lipinski definition) is 1. The summed E-state index contributed by atoms with van der Waals surface area (Å²) in [7, 11) is 3.77. The van der Waals surface area contributed by atoms with Crippen molar-refractivity contribution < 1.29 is 9.13 Å². The Bertz CT molecular complexity index is 437. The van der Waals surface area contributed by atoms with Crippen molar-refractivity contribution in [1.82, 2.24) is 5.32 Å². The molecule has 4 heteroatoms. The normalized spacial score (nSPS) is 12.5. The highest BCUT2D eigenvalue weighted by Crippen LogP contribution is 2.29. The van der Waals surface area contributed by atoms with Gasteiger partial charge >= 0.3 is 0 Å². The van der Waals surface area contributed by atoms with E-state index in [2.05, 4.69) is 31.1 Å². The van der Waals surface area contributed by atoms with E-state index in [1.54, 1.807) is 13.2 Å². The molecular formula is C17H29FN2O. The van der Waals surface area contributed by atoms with Gasteiger partial charge in [0.25, 0.3) is 0 Å². The van der Waals surface area contributed by atoms with Gasteiger partial charge in [0.2, 0.25) is 0 Å². The van der Waals surface area contributed by atoms with E-state index in [1.807, 2.05) is 13.0 Å². The van der Waals surface area contributed by atoms with Gasteiger partial charge in [-0.1, -0.05) is 6.92 Å². The highest BCUT2D eigenvalue weighted by molar-refractivity contribution is 5.56. The molecule has 0 saturated carbocycles. The van der Waals surface area contributed by atoms with Crippen molar-refractivity contribution in [2.75, 3.05) is 38.8 Å². The predicted octanol–water partition coefficient (Wildman–Crippen LogP) is 3.67. The van der Waals surface area contributed by atoms with Gasteiger partial charge in [0.1, 0.15) is 5.82 Å². The van der Waals surface area contributed by atoms with E-state index in [0.717, 1.165) is 43.8 Å². The first kappa shape index (κ1) is 17.9. The van der Waals surface area contributed by atoms with Gasteiger partial charge in [0, 0.05) is 39.0 Å². The number of methoxy groups -OCH3 is 1. The Balaban J connectivity index is 2.96. The Hall–Kier alpha value is -1.13. The van der Waals surface area contributed by atoms with Crippen molar-refractivity contribution >= 4 is 5.69 Å². The molecule has 0 aliphatic carbocycles. The Morgan fingerprint density at radius 2 is 2.10 bits per heavy atom. The first-order valence-electron chi connectivity index (χ1n) is 7.74. The summed E-state index contributed by atoms with van der Waals surface area (Å²) in [5, 5.41) is 3.44. The molecule has 0 radical (unpaired) electrons. The van der Waals surface area contributed by atoms with Crippen LogP contribution in [0.25, 0.3) is 0 Å². The van der Waals surface area contributed by atoms with Crippen molar-refractivity contribution in [3.63, 3.8) is 0 Å². The lowest BCUT2D eigenvalue weighted by Gasteiger charge is -2.26. The maximum absolute atomic E-state index is 13.9. The number of aryl methyl sites for hydroxylation is 1. The number of nitrogens with zero attached hydrogens (tertiary/aromatic N) is 1. The van der Waals surface area contributed by atoms with E-state index in [1.165, 1.54) is 0 Å². The molecule has 3 nitrogen and oxygen atoms in total. The lowest BCUT2D eigenvalue weighted by Crippen LogP contribution is -2.25. The third-order valence-electron chi connectivity index (χ3n) is 3.73. The number of anilines is 1. The van der Waals surface area contributed by atoms with Crippen molar-refractivity contribution in [1.29, 1.82) is 0 Å². The van der Waals surface area contributed by atoms with Crippen LogP contribution in [0.4, 0.5) is 10.1 Å². The van der Waals surface area contributed by atoms with Gasteiger partial charge < -0.3 is 15.0 Å². The van der Waals surface area contributed by atoms with Crippen molar-refractivity contribution in [2.45, 2.75) is 39.7 Å². The minimum absolute atomic E-state index is 0.135. The largest absolute Gasteiger partial charge is 0.385 e. The summed E-state index contributed by atoms with van der Waals surface area (Å²) < 4.78 is 19.0. The zero-order valence-electron chi connectivity index (χ0n) is 14.0. The molecule has 1 N–H and O–H groups in total. The lowest BCUT2D eigenvalue weighted by atomic mass is 10.0. The van der Waals surface area contributed by atoms with Crippen LogP contribution in [0.15, 0.2) is 12.1 Å². The molecular weight excluding hydrogens is 267 g/mol. The minimum Gasteiger partial charge on any atom is -0.385 e. The molecule has 0 aliphatic heterocycles. The molecule has 1 aromatic rings. The SMILES string of the molecule is CCCNC(C)c1cc(F)c(C)cc1N(C)CCCOC. The average Bonchev–Trinajstić information content (AvgIpc) is 2.47. The Morgan fingerprint density at radius 1 is 1.38 bits per heavy atom. The molecule has 0 aromatic heterocycles. The molecule has 120 valence electrons. The van der Waals surface area contributed by atoms with E-state index in [0.29, 0.717) is 5.56 Å². The minimum atomic E-state index is -0.135. The fraction of sp³-hybridized carbons (Fsp3) is 0.647. The summed E-state index contributed by atoms with van der Waals surface area (Å²) >= 11 is 0. The standard InChI is InChI=1S/C17H29FN2O/c1-6-8-19-14(3)15-12-16(18)13(2)11-17(15)20(4)9-7-10-21-5/h11-12,14,19H,6-10H2,1-5H3. The van der Waals surface area contributed by atoms with Crippen LogP contribution in [-0.4, -0.2) is 33.9 Å². The summed E-state index contributed by atoms with van der Waals surface area (Å²) in [4.78, 5) is 2.19. The first-order valence-corrected chi connectivity index (χ1v) is 7.74. The van der Waals surface area contributed by atoms with Gasteiger partial charge in [-0.3, -0.25) is 0 Å². The molecule has 0 amide bonds. The molecule has 1 atom stereocenters. The second-order valence-corrected chi connectivity index (χ2v) is 5.60. The van der Waals surface area contributed by atoms with Gasteiger partial charge in [0.05, 0.1) is 0 Å². The molecule has 0 fully saturated rings. The van der Waals surface area contributed by atoms with E-state index >= 15 is 0 Å². The van der Waals surface area contributed by atoms with Crippen molar-refractivity contribution in [2.24, 2.45) is 0 Å². The van der Waals surface area contributed by atoms with Crippen LogP contribution in [0.5, 0.6) is 0 Å². The molecule has 0 heterocycles. The fourth-order valence-corrected chi connectivity index (χ4v) is 2.40. The predicted molar refractivity (Wildman–Crippen MR) is 87.6 cm³/mol. The van der Waals surface area contributed by atoms with Crippen molar-refractivity contribution in [3.8, 4) is 0 Å². The molecule has 21 heavy (non-hydrogen) atoms. The van der Waals surface area contributed by atoms with E-state index in [9.17, 15) is 4.39 Å². The molecule has 0 bridgehead atoms. The van der Waals surface area contributed by atoms with Crippen LogP contribution in [0.1, 0.15) is 43.9 Å². The Labute approximate surface area is 128 Å². The molecule has 1 aromatic carbocycles. The topological polar surface area (TPSA) is 24.5 Å². The third-order valence-corrected chi connectivity index (χ3v) is 3.73. The summed E-state index contributed by atoms with van der Waals surface area (Å²) in [5.74, 6) is -0.135.